The molecule has 6 rings (SSSR count). The minimum absolute atomic E-state index is 0.141. The molecule has 5 nitrogen and oxygen atoms in total. The van der Waals surface area contributed by atoms with Crippen LogP contribution in [-0.4, -0.2) is 20.0 Å². The summed E-state index contributed by atoms with van der Waals surface area (Å²) in [5, 5.41) is 11.4. The summed E-state index contributed by atoms with van der Waals surface area (Å²) in [5.74, 6) is 3.58. The van der Waals surface area contributed by atoms with Crippen LogP contribution in [0, 0.1) is 22.5 Å². The molecule has 1 aromatic carbocycles. The van der Waals surface area contributed by atoms with Crippen LogP contribution in [0.5, 0.6) is 0 Å². The van der Waals surface area contributed by atoms with Gasteiger partial charge >= 0.3 is 0 Å². The lowest BCUT2D eigenvalue weighted by molar-refractivity contribution is -0.0105. The molecule has 4 bridgehead atoms. The van der Waals surface area contributed by atoms with Crippen molar-refractivity contribution in [3.63, 3.8) is 0 Å². The summed E-state index contributed by atoms with van der Waals surface area (Å²) in [5.41, 5.74) is 4.35. The molecular weight excluding hydrogens is 442 g/mol. The minimum atomic E-state index is 0.141. The molecule has 0 aliphatic heterocycles. The molecule has 1 aromatic heterocycles. The normalized spacial score (nSPS) is 31.1. The van der Waals surface area contributed by atoms with E-state index in [-0.39, 0.29) is 5.41 Å². The van der Waals surface area contributed by atoms with E-state index in [0.29, 0.717) is 9.88 Å². The molecule has 27 heavy (non-hydrogen) atoms. The Morgan fingerprint density at radius 1 is 1.11 bits per heavy atom. The molecular formula is C19H22BrN5S2. The Bertz CT molecular complexity index is 897. The van der Waals surface area contributed by atoms with Gasteiger partial charge in [0, 0.05) is 15.6 Å². The van der Waals surface area contributed by atoms with Crippen LogP contribution in [0.1, 0.15) is 44.3 Å². The number of nitrogens with zero attached hydrogens (tertiary/aromatic N) is 2. The summed E-state index contributed by atoms with van der Waals surface area (Å²) in [6.07, 6.45) is 7.90. The Balaban J connectivity index is 1.40. The third-order valence-electron chi connectivity index (χ3n) is 6.50. The van der Waals surface area contributed by atoms with Crippen molar-refractivity contribution in [2.24, 2.45) is 17.8 Å². The predicted molar refractivity (Wildman–Crippen MR) is 117 cm³/mol. The largest absolute Gasteiger partial charge is 0.331 e. The lowest BCUT2D eigenvalue weighted by Gasteiger charge is -2.56. The van der Waals surface area contributed by atoms with Gasteiger partial charge in [0.25, 0.3) is 0 Å². The maximum Gasteiger partial charge on any atom is 0.214 e. The van der Waals surface area contributed by atoms with Crippen LogP contribution in [0.2, 0.25) is 0 Å². The average Bonchev–Trinajstić information content (AvgIpc) is 2.97. The first kappa shape index (κ1) is 17.8. The highest BCUT2D eigenvalue weighted by Crippen LogP contribution is 2.60. The monoisotopic (exact) mass is 463 g/mol. The topological polar surface area (TPSA) is 57.7 Å². The zero-order chi connectivity index (χ0) is 18.6. The van der Waals surface area contributed by atoms with Gasteiger partial charge < -0.3 is 5.32 Å². The number of H-pyrrole nitrogens is 1. The van der Waals surface area contributed by atoms with Gasteiger partial charge in [0.05, 0.1) is 0 Å². The van der Waals surface area contributed by atoms with E-state index >= 15 is 0 Å². The number of anilines is 1. The van der Waals surface area contributed by atoms with Crippen molar-refractivity contribution in [1.29, 1.82) is 0 Å². The standard InChI is InChI=1S/C19H22BrN5S2/c20-14-1-3-15(4-2-14)21-17(26)24-25-16(22-23-18(25)27)19-8-11-5-12(9-19)7-13(6-11)10-19/h1-4,11-13H,5-10H2,(H,23,27)(H2,21,24,26). The first-order valence-electron chi connectivity index (χ1n) is 9.52. The van der Waals surface area contributed by atoms with Crippen LogP contribution < -0.4 is 10.7 Å². The van der Waals surface area contributed by atoms with Crippen molar-refractivity contribution in [3.05, 3.63) is 39.3 Å². The van der Waals surface area contributed by atoms with E-state index < -0.39 is 0 Å². The van der Waals surface area contributed by atoms with E-state index in [0.717, 1.165) is 33.7 Å². The zero-order valence-corrected chi connectivity index (χ0v) is 18.1. The highest BCUT2D eigenvalue weighted by atomic mass is 79.9. The van der Waals surface area contributed by atoms with Crippen LogP contribution >= 0.6 is 40.4 Å². The Hall–Kier alpha value is -1.25. The Morgan fingerprint density at radius 3 is 2.30 bits per heavy atom. The van der Waals surface area contributed by atoms with Gasteiger partial charge in [-0.05, 0) is 105 Å². The third-order valence-corrected chi connectivity index (χ3v) is 7.50. The maximum atomic E-state index is 5.54. The molecule has 0 atom stereocenters. The summed E-state index contributed by atoms with van der Waals surface area (Å²) in [6, 6.07) is 7.92. The molecule has 3 N–H and O–H groups in total. The van der Waals surface area contributed by atoms with Gasteiger partial charge in [0.1, 0.15) is 0 Å². The number of benzene rings is 1. The molecule has 1 heterocycles. The van der Waals surface area contributed by atoms with E-state index in [9.17, 15) is 0 Å². The van der Waals surface area contributed by atoms with Gasteiger partial charge in [-0.2, -0.15) is 5.10 Å². The quantitative estimate of drug-likeness (QED) is 0.551. The number of aromatic amines is 1. The van der Waals surface area contributed by atoms with Crippen LogP contribution in [0.4, 0.5) is 5.69 Å². The number of hydrogen-bond donors (Lipinski definition) is 3. The van der Waals surface area contributed by atoms with Gasteiger partial charge in [-0.15, -0.1) is 0 Å². The highest BCUT2D eigenvalue weighted by Gasteiger charge is 2.53. The molecule has 4 aliphatic rings. The van der Waals surface area contributed by atoms with Gasteiger partial charge in [-0.1, -0.05) is 15.9 Å². The van der Waals surface area contributed by atoms with Crippen molar-refractivity contribution in [2.75, 3.05) is 10.7 Å². The molecule has 4 aliphatic carbocycles. The number of aromatic nitrogens is 3. The third kappa shape index (κ3) is 3.25. The molecule has 0 amide bonds. The lowest BCUT2D eigenvalue weighted by atomic mass is 9.49. The summed E-state index contributed by atoms with van der Waals surface area (Å²) in [6.45, 7) is 0. The molecule has 4 fully saturated rings. The first-order chi connectivity index (χ1) is 13.0. The van der Waals surface area contributed by atoms with E-state index in [1.165, 1.54) is 38.5 Å². The smallest absolute Gasteiger partial charge is 0.214 e. The molecule has 8 heteroatoms. The fourth-order valence-electron chi connectivity index (χ4n) is 5.93. The second-order valence-corrected chi connectivity index (χ2v) is 10.2. The molecule has 142 valence electrons. The summed E-state index contributed by atoms with van der Waals surface area (Å²) in [7, 11) is 0. The lowest BCUT2D eigenvalue weighted by Crippen LogP contribution is -2.50. The molecule has 0 unspecified atom stereocenters. The van der Waals surface area contributed by atoms with Crippen LogP contribution in [0.15, 0.2) is 28.7 Å². The number of halogens is 1. The fourth-order valence-corrected chi connectivity index (χ4v) is 6.59. The van der Waals surface area contributed by atoms with Crippen LogP contribution in [-0.2, 0) is 5.41 Å². The predicted octanol–water partition coefficient (Wildman–Crippen LogP) is 5.11. The SMILES string of the molecule is S=C(Nc1ccc(Br)cc1)Nn1c(C23CC4CC(CC(C4)C2)C3)n[nH]c1=S. The Labute approximate surface area is 177 Å². The first-order valence-corrected chi connectivity index (χ1v) is 11.1. The molecule has 2 aromatic rings. The fraction of sp³-hybridized carbons (Fsp3) is 0.526. The van der Waals surface area contributed by atoms with Gasteiger partial charge in [0.2, 0.25) is 4.77 Å². The highest BCUT2D eigenvalue weighted by molar-refractivity contribution is 9.10. The van der Waals surface area contributed by atoms with Crippen molar-refractivity contribution in [3.8, 4) is 0 Å². The maximum absolute atomic E-state index is 5.54. The number of rotatable bonds is 3. The van der Waals surface area contributed by atoms with Crippen molar-refractivity contribution >= 4 is 51.2 Å². The molecule has 0 spiro atoms. The van der Waals surface area contributed by atoms with Crippen molar-refractivity contribution in [2.45, 2.75) is 43.9 Å². The Morgan fingerprint density at radius 2 is 1.70 bits per heavy atom. The number of hydrogen-bond acceptors (Lipinski definition) is 3. The molecule has 4 saturated carbocycles. The minimum Gasteiger partial charge on any atom is -0.331 e. The van der Waals surface area contributed by atoms with Gasteiger partial charge in [-0.25, -0.2) is 4.68 Å². The van der Waals surface area contributed by atoms with Gasteiger partial charge in [0.15, 0.2) is 10.9 Å². The molecule has 0 radical (unpaired) electrons. The second kappa shape index (κ2) is 6.67. The van der Waals surface area contributed by atoms with Gasteiger partial charge in [-0.3, -0.25) is 10.5 Å². The number of thiocarbonyl (C=S) groups is 1. The summed E-state index contributed by atoms with van der Waals surface area (Å²) >= 11 is 14.5. The second-order valence-electron chi connectivity index (χ2n) is 8.46. The Kier molecular flexibility index (Phi) is 4.40. The summed E-state index contributed by atoms with van der Waals surface area (Å²) in [4.78, 5) is 0. The van der Waals surface area contributed by atoms with E-state index in [1.54, 1.807) is 0 Å². The molecule has 0 saturated heterocycles. The van der Waals surface area contributed by atoms with E-state index in [4.69, 9.17) is 24.4 Å². The zero-order valence-electron chi connectivity index (χ0n) is 14.9. The van der Waals surface area contributed by atoms with E-state index in [2.05, 4.69) is 36.9 Å². The average molecular weight is 464 g/mol. The van der Waals surface area contributed by atoms with Crippen molar-refractivity contribution < 1.29 is 0 Å². The van der Waals surface area contributed by atoms with Crippen molar-refractivity contribution in [1.82, 2.24) is 14.9 Å². The van der Waals surface area contributed by atoms with Crippen LogP contribution in [0.3, 0.4) is 0 Å². The van der Waals surface area contributed by atoms with E-state index in [1.807, 2.05) is 28.9 Å². The summed E-state index contributed by atoms with van der Waals surface area (Å²) < 4.78 is 3.50. The van der Waals surface area contributed by atoms with Crippen LogP contribution in [0.25, 0.3) is 0 Å². The number of nitrogens with one attached hydrogen (secondary N) is 3.